The van der Waals surface area contributed by atoms with E-state index in [2.05, 4.69) is 9.44 Å². The monoisotopic (exact) mass is 464 g/mol. The third-order valence-electron chi connectivity index (χ3n) is 3.83. The van der Waals surface area contributed by atoms with Crippen molar-refractivity contribution in [2.75, 3.05) is 6.61 Å². The molecule has 0 aliphatic rings. The van der Waals surface area contributed by atoms with Crippen LogP contribution in [0.5, 0.6) is 0 Å². The molecule has 3 N–H and O–H groups in total. The summed E-state index contributed by atoms with van der Waals surface area (Å²) in [6, 6.07) is 1.74. The van der Waals surface area contributed by atoms with E-state index >= 15 is 0 Å². The van der Waals surface area contributed by atoms with Crippen molar-refractivity contribution >= 4 is 20.0 Å². The summed E-state index contributed by atoms with van der Waals surface area (Å²) in [6.45, 7) is 8.09. The highest BCUT2D eigenvalue weighted by molar-refractivity contribution is 7.89. The number of ether oxygens (including phenoxy) is 1. The summed E-state index contributed by atoms with van der Waals surface area (Å²) in [5.74, 6) is 0. The van der Waals surface area contributed by atoms with Crippen molar-refractivity contribution in [1.29, 1.82) is 0 Å². The van der Waals surface area contributed by atoms with Crippen LogP contribution in [-0.4, -0.2) is 40.6 Å². The second kappa shape index (κ2) is 9.20. The molecule has 0 amide bonds. The lowest BCUT2D eigenvalue weighted by molar-refractivity contribution is 0.0779. The first-order chi connectivity index (χ1) is 13.7. The molecule has 0 aromatic carbocycles. The minimum atomic E-state index is -3.93. The largest absolute Gasteiger partial charge is 0.451 e. The van der Waals surface area contributed by atoms with Crippen LogP contribution in [0.3, 0.4) is 0 Å². The molecule has 1 unspecified atom stereocenters. The van der Waals surface area contributed by atoms with Crippen LogP contribution in [-0.2, 0) is 37.0 Å². The molecule has 170 valence electrons. The Kier molecular flexibility index (Phi) is 7.54. The van der Waals surface area contributed by atoms with Crippen molar-refractivity contribution in [1.82, 2.24) is 9.44 Å². The van der Waals surface area contributed by atoms with E-state index in [1.54, 1.807) is 20.8 Å². The fourth-order valence-corrected chi connectivity index (χ4v) is 4.82. The summed E-state index contributed by atoms with van der Waals surface area (Å²) in [5.41, 5.74) is -0.396. The molecule has 10 nitrogen and oxygen atoms in total. The van der Waals surface area contributed by atoms with Crippen LogP contribution in [0.25, 0.3) is 0 Å². The Balaban J connectivity index is 1.89. The summed E-state index contributed by atoms with van der Waals surface area (Å²) in [7, 11) is -7.67. The third kappa shape index (κ3) is 6.65. The van der Waals surface area contributed by atoms with Crippen LogP contribution in [0.1, 0.15) is 45.7 Å². The van der Waals surface area contributed by atoms with Gasteiger partial charge in [0.05, 0.1) is 31.3 Å². The maximum absolute atomic E-state index is 12.4. The number of sulfonamides is 2. The summed E-state index contributed by atoms with van der Waals surface area (Å²) in [5, 5.41) is 9.39. The topological polar surface area (TPSA) is 148 Å². The Morgan fingerprint density at radius 1 is 1.00 bits per heavy atom. The molecule has 0 aliphatic heterocycles. The van der Waals surface area contributed by atoms with E-state index in [4.69, 9.17) is 13.6 Å². The number of hydrogen-bond donors (Lipinski definition) is 3. The smallest absolute Gasteiger partial charge is 0.274 e. The second-order valence-corrected chi connectivity index (χ2v) is 11.1. The molecule has 0 saturated heterocycles. The average molecular weight is 465 g/mol. The van der Waals surface area contributed by atoms with Gasteiger partial charge in [0.15, 0.2) is 0 Å². The van der Waals surface area contributed by atoms with E-state index in [0.29, 0.717) is 11.1 Å². The Hall–Kier alpha value is -1.70. The molecule has 0 fully saturated rings. The van der Waals surface area contributed by atoms with Gasteiger partial charge in [-0.15, -0.1) is 0 Å². The van der Waals surface area contributed by atoms with Gasteiger partial charge in [0.2, 0.25) is 10.2 Å². The molecular formula is C18H28N2O8S2. The minimum absolute atomic E-state index is 0.0236. The van der Waals surface area contributed by atoms with E-state index in [1.165, 1.54) is 38.5 Å². The number of hydrogen-bond acceptors (Lipinski definition) is 8. The number of aliphatic hydroxyl groups is 1. The first kappa shape index (κ1) is 24.6. The third-order valence-corrected chi connectivity index (χ3v) is 6.81. The van der Waals surface area contributed by atoms with Gasteiger partial charge in [0.1, 0.15) is 0 Å². The zero-order valence-electron chi connectivity index (χ0n) is 17.5. The Morgan fingerprint density at radius 3 is 2.13 bits per heavy atom. The van der Waals surface area contributed by atoms with Crippen LogP contribution >= 0.6 is 0 Å². The molecule has 2 heterocycles. The summed E-state index contributed by atoms with van der Waals surface area (Å²) >= 11 is 0. The normalized spacial score (nSPS) is 14.4. The summed E-state index contributed by atoms with van der Waals surface area (Å²) < 4.78 is 69.3. The second-order valence-electron chi connectivity index (χ2n) is 7.80. The zero-order valence-corrected chi connectivity index (χ0v) is 19.1. The predicted molar refractivity (Wildman–Crippen MR) is 108 cm³/mol. The molecule has 2 rings (SSSR count). The molecule has 2 aromatic heterocycles. The van der Waals surface area contributed by atoms with Gasteiger partial charge in [-0.25, -0.2) is 26.3 Å². The van der Waals surface area contributed by atoms with Gasteiger partial charge in [-0.05, 0) is 34.6 Å². The first-order valence-electron chi connectivity index (χ1n) is 9.22. The standard InChI is InChI=1S/C18H28N2O8S2/c1-12(2)19-29(22,23)16-6-14(10-27-16)9-26-8-13(3)20-30(24,25)17-7-15(11-28-17)18(4,5)21/h6-7,10-13,19-21H,8-9H2,1-5H3. The number of furan rings is 2. The van der Waals surface area contributed by atoms with Crippen molar-refractivity contribution in [2.24, 2.45) is 0 Å². The molecule has 0 spiro atoms. The molecule has 2 aromatic rings. The van der Waals surface area contributed by atoms with Gasteiger partial charge in [-0.1, -0.05) is 0 Å². The first-order valence-corrected chi connectivity index (χ1v) is 12.2. The van der Waals surface area contributed by atoms with E-state index in [1.807, 2.05) is 0 Å². The van der Waals surface area contributed by atoms with Crippen molar-refractivity contribution in [3.63, 3.8) is 0 Å². The van der Waals surface area contributed by atoms with Crippen LogP contribution in [0.2, 0.25) is 0 Å². The molecule has 0 saturated carbocycles. The molecule has 0 aliphatic carbocycles. The van der Waals surface area contributed by atoms with E-state index < -0.39 is 31.7 Å². The van der Waals surface area contributed by atoms with Gasteiger partial charge in [-0.2, -0.15) is 0 Å². The van der Waals surface area contributed by atoms with Crippen LogP contribution in [0.4, 0.5) is 0 Å². The highest BCUT2D eigenvalue weighted by atomic mass is 32.2. The van der Waals surface area contributed by atoms with Crippen LogP contribution in [0.15, 0.2) is 43.7 Å². The van der Waals surface area contributed by atoms with E-state index in [9.17, 15) is 21.9 Å². The van der Waals surface area contributed by atoms with Crippen LogP contribution < -0.4 is 9.44 Å². The Morgan fingerprint density at radius 2 is 1.57 bits per heavy atom. The Bertz CT molecular complexity index is 1050. The van der Waals surface area contributed by atoms with Gasteiger partial charge < -0.3 is 18.7 Å². The van der Waals surface area contributed by atoms with Crippen molar-refractivity contribution in [3.05, 3.63) is 35.8 Å². The van der Waals surface area contributed by atoms with E-state index in [0.717, 1.165) is 0 Å². The van der Waals surface area contributed by atoms with Crippen molar-refractivity contribution in [3.8, 4) is 0 Å². The van der Waals surface area contributed by atoms with Crippen molar-refractivity contribution in [2.45, 2.75) is 69.1 Å². The predicted octanol–water partition coefficient (Wildman–Crippen LogP) is 1.67. The molecule has 1 atom stereocenters. The van der Waals surface area contributed by atoms with Crippen LogP contribution in [0, 0.1) is 0 Å². The zero-order chi connectivity index (χ0) is 22.7. The minimum Gasteiger partial charge on any atom is -0.451 e. The lowest BCUT2D eigenvalue weighted by Crippen LogP contribution is -2.35. The lowest BCUT2D eigenvalue weighted by atomic mass is 10.0. The molecular weight excluding hydrogens is 436 g/mol. The van der Waals surface area contributed by atoms with Gasteiger partial charge in [-0.3, -0.25) is 0 Å². The SMILES string of the molecule is CC(C)NS(=O)(=O)c1cc(COCC(C)NS(=O)(=O)c2cc(C(C)(C)O)co2)co1. The maximum atomic E-state index is 12.4. The quantitative estimate of drug-likeness (QED) is 0.455. The Labute approximate surface area is 176 Å². The number of nitrogens with one attached hydrogen (secondary N) is 2. The maximum Gasteiger partial charge on any atom is 0.274 e. The molecule has 30 heavy (non-hydrogen) atoms. The van der Waals surface area contributed by atoms with Crippen molar-refractivity contribution < 1.29 is 35.5 Å². The lowest BCUT2D eigenvalue weighted by Gasteiger charge is -2.14. The van der Waals surface area contributed by atoms with E-state index in [-0.39, 0.29) is 29.4 Å². The highest BCUT2D eigenvalue weighted by Crippen LogP contribution is 2.24. The van der Waals surface area contributed by atoms with Gasteiger partial charge >= 0.3 is 0 Å². The number of rotatable bonds is 11. The highest BCUT2D eigenvalue weighted by Gasteiger charge is 2.26. The average Bonchev–Trinajstić information content (AvgIpc) is 3.23. The van der Waals surface area contributed by atoms with Gasteiger partial charge in [0, 0.05) is 35.3 Å². The summed E-state index contributed by atoms with van der Waals surface area (Å²) in [4.78, 5) is 0. The fraction of sp³-hybridized carbons (Fsp3) is 0.556. The fourth-order valence-electron chi connectivity index (χ4n) is 2.43. The molecule has 0 bridgehead atoms. The molecule has 0 radical (unpaired) electrons. The molecule has 12 heteroatoms. The van der Waals surface area contributed by atoms with Gasteiger partial charge in [0.25, 0.3) is 20.0 Å². The summed E-state index contributed by atoms with van der Waals surface area (Å²) in [6.07, 6.45) is 2.46.